The molecule has 0 saturated heterocycles. The van der Waals surface area contributed by atoms with Crippen LogP contribution in [-0.2, 0) is 0 Å². The molecule has 11 rings (SSSR count). The number of rotatable bonds is 2. The second kappa shape index (κ2) is 9.47. The molecule has 0 radical (unpaired) electrons. The minimum Gasteiger partial charge on any atom is -0.455 e. The highest BCUT2D eigenvalue weighted by atomic mass is 16.3. The number of benzene rings is 7. The largest absolute Gasteiger partial charge is 0.455 e. The number of hydrogen-bond acceptors (Lipinski definition) is 4. The maximum Gasteiger partial charge on any atom is 0.152 e. The smallest absolute Gasteiger partial charge is 0.152 e. The summed E-state index contributed by atoms with van der Waals surface area (Å²) in [7, 11) is 0. The third kappa shape index (κ3) is 3.53. The molecule has 0 spiro atoms. The molecule has 0 aliphatic rings. The zero-order valence-corrected chi connectivity index (χ0v) is 25.6. The van der Waals surface area contributed by atoms with Crippen molar-refractivity contribution in [3.05, 3.63) is 146 Å². The van der Waals surface area contributed by atoms with Crippen molar-refractivity contribution >= 4 is 82.0 Å². The van der Waals surface area contributed by atoms with Crippen LogP contribution in [-0.4, -0.2) is 19.4 Å². The van der Waals surface area contributed by atoms with Crippen molar-refractivity contribution in [1.82, 2.24) is 19.4 Å². The molecular weight excluding hydrogens is 589 g/mol. The topological polar surface area (TPSA) is 56.2 Å². The van der Waals surface area contributed by atoms with Gasteiger partial charge in [-0.3, -0.25) is 4.40 Å². The number of pyridine rings is 1. The fraction of sp³-hybridized carbons (Fsp3) is 0. The lowest BCUT2D eigenvalue weighted by atomic mass is 9.95. The van der Waals surface area contributed by atoms with Crippen LogP contribution >= 0.6 is 0 Å². The number of aromatic nitrogens is 4. The normalized spacial score (nSPS) is 12.2. The van der Waals surface area contributed by atoms with Crippen LogP contribution in [0.3, 0.4) is 0 Å². The molecule has 0 fully saturated rings. The molecule has 0 bridgehead atoms. The fourth-order valence-corrected chi connectivity index (χ4v) is 7.54. The van der Waals surface area contributed by atoms with Gasteiger partial charge in [0.25, 0.3) is 0 Å². The van der Waals surface area contributed by atoms with E-state index in [4.69, 9.17) is 19.4 Å². The quantitative estimate of drug-likeness (QED) is 0.182. The van der Waals surface area contributed by atoms with E-state index in [1.54, 1.807) is 0 Å². The number of furan rings is 1. The minimum absolute atomic E-state index is 0.840. The van der Waals surface area contributed by atoms with Gasteiger partial charge >= 0.3 is 0 Å². The van der Waals surface area contributed by atoms with Crippen LogP contribution in [0, 0.1) is 0 Å². The van der Waals surface area contributed by atoms with Gasteiger partial charge in [-0.15, -0.1) is 0 Å². The summed E-state index contributed by atoms with van der Waals surface area (Å²) in [6.45, 7) is 0. The Kier molecular flexibility index (Phi) is 5.05. The molecular formula is C43H24N4O. The van der Waals surface area contributed by atoms with Crippen molar-refractivity contribution in [2.45, 2.75) is 0 Å². The number of fused-ring (bicyclic) bond motifs is 14. The van der Waals surface area contributed by atoms with Gasteiger partial charge in [-0.05, 0) is 40.4 Å². The van der Waals surface area contributed by atoms with Gasteiger partial charge in [-0.25, -0.2) is 15.0 Å². The van der Waals surface area contributed by atoms with Gasteiger partial charge in [0.15, 0.2) is 5.58 Å². The fourth-order valence-electron chi connectivity index (χ4n) is 7.54. The molecule has 48 heavy (non-hydrogen) atoms. The summed E-state index contributed by atoms with van der Waals surface area (Å²) >= 11 is 0. The second-order valence-electron chi connectivity index (χ2n) is 12.4. The molecule has 0 N–H and O–H groups in total. The molecule has 0 aliphatic heterocycles. The summed E-state index contributed by atoms with van der Waals surface area (Å²) in [6.07, 6.45) is 2.09. The molecule has 0 atom stereocenters. The van der Waals surface area contributed by atoms with Crippen LogP contribution in [0.1, 0.15) is 0 Å². The molecule has 5 nitrogen and oxygen atoms in total. The first-order valence-electron chi connectivity index (χ1n) is 16.1. The van der Waals surface area contributed by atoms with E-state index < -0.39 is 0 Å². The van der Waals surface area contributed by atoms with Gasteiger partial charge in [0.2, 0.25) is 0 Å². The van der Waals surface area contributed by atoms with Gasteiger partial charge < -0.3 is 4.42 Å². The van der Waals surface area contributed by atoms with Gasteiger partial charge in [0.1, 0.15) is 11.2 Å². The third-order valence-corrected chi connectivity index (χ3v) is 9.75. The van der Waals surface area contributed by atoms with Crippen LogP contribution < -0.4 is 0 Å². The summed E-state index contributed by atoms with van der Waals surface area (Å²) in [5.74, 6) is 0. The molecule has 0 aliphatic carbocycles. The molecule has 11 aromatic rings. The SMILES string of the molecule is c1ccc(-c2nc3ccc4ccccc4c3nc2-c2ccc3c(c2)c2ccccc2c2nc4cc5c(cn4c32)oc2ccccc25)cc1. The first-order valence-corrected chi connectivity index (χ1v) is 16.1. The lowest BCUT2D eigenvalue weighted by molar-refractivity contribution is 0.666. The van der Waals surface area contributed by atoms with Crippen molar-refractivity contribution in [2.24, 2.45) is 0 Å². The third-order valence-electron chi connectivity index (χ3n) is 9.75. The Bertz CT molecular complexity index is 3120. The molecule has 0 saturated carbocycles. The Morgan fingerprint density at radius 2 is 1.19 bits per heavy atom. The lowest BCUT2D eigenvalue weighted by Gasteiger charge is -2.14. The summed E-state index contributed by atoms with van der Waals surface area (Å²) in [6, 6.07) is 48.5. The van der Waals surface area contributed by atoms with Gasteiger partial charge in [-0.2, -0.15) is 0 Å². The Labute approximate surface area is 273 Å². The van der Waals surface area contributed by atoms with Crippen molar-refractivity contribution in [2.75, 3.05) is 0 Å². The van der Waals surface area contributed by atoms with E-state index in [2.05, 4.69) is 126 Å². The van der Waals surface area contributed by atoms with E-state index in [0.29, 0.717) is 0 Å². The first kappa shape index (κ1) is 25.6. The predicted molar refractivity (Wildman–Crippen MR) is 196 cm³/mol. The van der Waals surface area contributed by atoms with Crippen molar-refractivity contribution in [3.63, 3.8) is 0 Å². The molecule has 7 aromatic carbocycles. The van der Waals surface area contributed by atoms with Crippen molar-refractivity contribution < 1.29 is 4.42 Å². The standard InChI is InChI=1S/C43H24N4O/c1-2-11-26(12-3-1)39-40(46-41-28-13-5-4-10-25(28)19-21-35(41)44-39)27-18-20-32-33(22-27)29-14-6-7-16-31(29)42-43(32)47-24-37-34(23-38(47)45-42)30-15-8-9-17-36(30)48-37/h1-24H. The Morgan fingerprint density at radius 3 is 2.08 bits per heavy atom. The maximum atomic E-state index is 6.31. The maximum absolute atomic E-state index is 6.31. The van der Waals surface area contributed by atoms with Crippen LogP contribution in [0.4, 0.5) is 0 Å². The van der Waals surface area contributed by atoms with E-state index in [1.165, 1.54) is 0 Å². The molecule has 5 heteroatoms. The summed E-state index contributed by atoms with van der Waals surface area (Å²) < 4.78 is 8.50. The summed E-state index contributed by atoms with van der Waals surface area (Å²) in [4.78, 5) is 15.9. The average Bonchev–Trinajstić information content (AvgIpc) is 3.71. The highest BCUT2D eigenvalue weighted by molar-refractivity contribution is 6.25. The highest BCUT2D eigenvalue weighted by Gasteiger charge is 2.20. The van der Waals surface area contributed by atoms with E-state index in [0.717, 1.165) is 104 Å². The molecule has 0 unspecified atom stereocenters. The van der Waals surface area contributed by atoms with Gasteiger partial charge in [0, 0.05) is 38.1 Å². The lowest BCUT2D eigenvalue weighted by Crippen LogP contribution is -1.96. The van der Waals surface area contributed by atoms with Gasteiger partial charge in [0.05, 0.1) is 39.7 Å². The number of nitrogens with zero attached hydrogens (tertiary/aromatic N) is 4. The van der Waals surface area contributed by atoms with Crippen molar-refractivity contribution in [1.29, 1.82) is 0 Å². The number of para-hydroxylation sites is 1. The van der Waals surface area contributed by atoms with E-state index >= 15 is 0 Å². The highest BCUT2D eigenvalue weighted by Crippen LogP contribution is 2.40. The summed E-state index contributed by atoms with van der Waals surface area (Å²) in [5, 5.41) is 8.94. The summed E-state index contributed by atoms with van der Waals surface area (Å²) in [5.41, 5.74) is 10.2. The van der Waals surface area contributed by atoms with Gasteiger partial charge in [-0.1, -0.05) is 115 Å². The molecule has 4 aromatic heterocycles. The van der Waals surface area contributed by atoms with E-state index in [9.17, 15) is 0 Å². The van der Waals surface area contributed by atoms with E-state index in [-0.39, 0.29) is 0 Å². The van der Waals surface area contributed by atoms with Crippen LogP contribution in [0.25, 0.3) is 104 Å². The zero-order valence-electron chi connectivity index (χ0n) is 25.6. The van der Waals surface area contributed by atoms with Crippen molar-refractivity contribution in [3.8, 4) is 22.5 Å². The molecule has 0 amide bonds. The predicted octanol–water partition coefficient (Wildman–Crippen LogP) is 11.1. The zero-order chi connectivity index (χ0) is 31.3. The van der Waals surface area contributed by atoms with Crippen LogP contribution in [0.15, 0.2) is 150 Å². The second-order valence-corrected chi connectivity index (χ2v) is 12.4. The Morgan fingerprint density at radius 1 is 0.438 bits per heavy atom. The molecule has 222 valence electrons. The van der Waals surface area contributed by atoms with Crippen LogP contribution in [0.5, 0.6) is 0 Å². The average molecular weight is 613 g/mol. The molecule has 4 heterocycles. The number of hydrogen-bond donors (Lipinski definition) is 0. The van der Waals surface area contributed by atoms with Crippen LogP contribution in [0.2, 0.25) is 0 Å². The first-order chi connectivity index (χ1) is 23.8. The minimum atomic E-state index is 0.840. The Balaban J connectivity index is 1.24. The number of imidazole rings is 1. The van der Waals surface area contributed by atoms with E-state index in [1.807, 2.05) is 24.3 Å². The Hall–Kier alpha value is -6.59. The monoisotopic (exact) mass is 612 g/mol.